The fourth-order valence-electron chi connectivity index (χ4n) is 7.22. The molecule has 246 valence electrons. The van der Waals surface area contributed by atoms with Crippen molar-refractivity contribution in [2.75, 3.05) is 0 Å². The lowest BCUT2D eigenvalue weighted by atomic mass is 10.0. The quantitative estimate of drug-likeness (QED) is 0.137. The zero-order chi connectivity index (χ0) is 34.9. The van der Waals surface area contributed by atoms with Crippen LogP contribution in [0.4, 0.5) is 0 Å². The number of nitrogens with one attached hydrogen (secondary N) is 2. The molecule has 4 aromatic carbocycles. The van der Waals surface area contributed by atoms with Crippen LogP contribution >= 0.6 is 0 Å². The van der Waals surface area contributed by atoms with E-state index in [4.69, 9.17) is 9.97 Å². The summed E-state index contributed by atoms with van der Waals surface area (Å²) < 4.78 is 0. The first-order valence-corrected chi connectivity index (χ1v) is 17.3. The Morgan fingerprint density at radius 3 is 1.37 bits per heavy atom. The summed E-state index contributed by atoms with van der Waals surface area (Å²) in [6.07, 6.45) is 12.6. The number of aromatic nitrogens is 4. The zero-order valence-electron chi connectivity index (χ0n) is 28.1. The molecule has 9 rings (SSSR count). The summed E-state index contributed by atoms with van der Waals surface area (Å²) in [5.74, 6) is 0. The number of H-pyrrole nitrogens is 2. The molecule has 0 unspecified atom stereocenters. The molecule has 2 aliphatic heterocycles. The van der Waals surface area contributed by atoms with Crippen LogP contribution in [-0.2, 0) is 4.79 Å². The molecule has 0 aliphatic carbocycles. The normalized spacial score (nSPS) is 12.1. The van der Waals surface area contributed by atoms with Crippen molar-refractivity contribution in [2.24, 2.45) is 0 Å². The highest BCUT2D eigenvalue weighted by Gasteiger charge is 2.20. The number of aromatic amines is 2. The van der Waals surface area contributed by atoms with Crippen molar-refractivity contribution in [1.82, 2.24) is 19.9 Å². The number of carbonyl (C=O) groups is 1. The maximum absolute atomic E-state index is 11.7. The fraction of sp³-hybridized carbons (Fsp3) is 0. The number of hydrogen-bond donors (Lipinski definition) is 2. The molecule has 2 aliphatic rings. The van der Waals surface area contributed by atoms with E-state index < -0.39 is 0 Å². The van der Waals surface area contributed by atoms with Gasteiger partial charge in [-0.1, -0.05) is 121 Å². The van der Waals surface area contributed by atoms with Crippen LogP contribution < -0.4 is 0 Å². The molecule has 0 radical (unpaired) electrons. The molecule has 52 heavy (non-hydrogen) atoms. The summed E-state index contributed by atoms with van der Waals surface area (Å²) in [5, 5.41) is 0. The smallest absolute Gasteiger partial charge is 0.142 e. The van der Waals surface area contributed by atoms with Crippen molar-refractivity contribution in [3.63, 3.8) is 0 Å². The molecule has 0 atom stereocenters. The van der Waals surface area contributed by atoms with Gasteiger partial charge in [0.1, 0.15) is 6.29 Å². The summed E-state index contributed by atoms with van der Waals surface area (Å²) in [6, 6.07) is 47.8. The number of nitrogens with zero attached hydrogens (tertiary/aromatic N) is 2. The highest BCUT2D eigenvalue weighted by molar-refractivity contribution is 6.02. The highest BCUT2D eigenvalue weighted by Crippen LogP contribution is 2.39. The summed E-state index contributed by atoms with van der Waals surface area (Å²) in [6.45, 7) is 0. The first kappa shape index (κ1) is 30.9. The van der Waals surface area contributed by atoms with Gasteiger partial charge in [0, 0.05) is 44.4 Å². The predicted molar refractivity (Wildman–Crippen MR) is 216 cm³/mol. The minimum absolute atomic E-state index is 0.808. The number of carbonyl (C=O) groups excluding carboxylic acids is 1. The molecule has 5 heterocycles. The molecule has 3 aromatic heterocycles. The van der Waals surface area contributed by atoms with E-state index in [2.05, 4.69) is 125 Å². The Morgan fingerprint density at radius 1 is 0.423 bits per heavy atom. The zero-order valence-corrected chi connectivity index (χ0v) is 28.1. The SMILES string of the molecule is O=CC=Cc1cc2[nH]c1c(-c1ccccc1)c1nc(c(-c3ccccc3)c3nc(c(-c4ccccc4)c4ccc([nH]4)c2-c2ccccc2)C=C3)C=C1. The van der Waals surface area contributed by atoms with Crippen LogP contribution in [0, 0.1) is 0 Å². The van der Waals surface area contributed by atoms with Crippen LogP contribution in [0.25, 0.3) is 97.0 Å². The molecule has 0 fully saturated rings. The molecule has 5 nitrogen and oxygen atoms in total. The maximum atomic E-state index is 11.7. The third-order valence-corrected chi connectivity index (χ3v) is 9.50. The number of hydrogen-bond acceptors (Lipinski definition) is 3. The van der Waals surface area contributed by atoms with E-state index in [1.54, 1.807) is 6.08 Å². The van der Waals surface area contributed by atoms with Gasteiger partial charge in [-0.3, -0.25) is 4.79 Å². The highest BCUT2D eigenvalue weighted by atomic mass is 16.1. The van der Waals surface area contributed by atoms with E-state index >= 15 is 0 Å². The molecular weight excluding hydrogens is 637 g/mol. The van der Waals surface area contributed by atoms with Gasteiger partial charge in [-0.05, 0) is 76.9 Å². The van der Waals surface area contributed by atoms with Crippen LogP contribution in [0.3, 0.4) is 0 Å². The number of fused-ring (bicyclic) bond motifs is 8. The number of benzene rings is 4. The third kappa shape index (κ3) is 5.60. The number of aldehydes is 1. The average molecular weight is 669 g/mol. The Kier molecular flexibility index (Phi) is 7.91. The van der Waals surface area contributed by atoms with Gasteiger partial charge in [0.2, 0.25) is 0 Å². The van der Waals surface area contributed by atoms with Gasteiger partial charge in [-0.2, -0.15) is 0 Å². The van der Waals surface area contributed by atoms with Crippen molar-refractivity contribution in [2.45, 2.75) is 0 Å². The summed E-state index contributed by atoms with van der Waals surface area (Å²) in [7, 11) is 0. The van der Waals surface area contributed by atoms with Gasteiger partial charge in [-0.15, -0.1) is 0 Å². The second kappa shape index (κ2) is 13.3. The lowest BCUT2D eigenvalue weighted by Crippen LogP contribution is -1.91. The number of allylic oxidation sites excluding steroid dienone is 1. The molecule has 0 saturated carbocycles. The van der Waals surface area contributed by atoms with Crippen LogP contribution in [-0.4, -0.2) is 26.2 Å². The van der Waals surface area contributed by atoms with E-state index in [-0.39, 0.29) is 0 Å². The lowest BCUT2D eigenvalue weighted by molar-refractivity contribution is -0.104. The predicted octanol–water partition coefficient (Wildman–Crippen LogP) is 11.5. The molecule has 8 bridgehead atoms. The third-order valence-electron chi connectivity index (χ3n) is 9.50. The Morgan fingerprint density at radius 2 is 0.846 bits per heavy atom. The van der Waals surface area contributed by atoms with Crippen molar-refractivity contribution >= 4 is 58.7 Å². The van der Waals surface area contributed by atoms with Crippen LogP contribution in [0.1, 0.15) is 28.3 Å². The van der Waals surface area contributed by atoms with Crippen molar-refractivity contribution < 1.29 is 4.79 Å². The van der Waals surface area contributed by atoms with Crippen LogP contribution in [0.5, 0.6) is 0 Å². The van der Waals surface area contributed by atoms with Gasteiger partial charge in [0.05, 0.1) is 28.3 Å². The van der Waals surface area contributed by atoms with Gasteiger partial charge >= 0.3 is 0 Å². The van der Waals surface area contributed by atoms with Gasteiger partial charge in [0.25, 0.3) is 0 Å². The van der Waals surface area contributed by atoms with E-state index in [1.165, 1.54) is 0 Å². The Bertz CT molecular complexity index is 2720. The first-order valence-electron chi connectivity index (χ1n) is 17.3. The standard InChI is InChI=1S/C47H32N4O/c52-29-13-22-35-30-42-45(33-18-9-3-10-19-33)40-26-25-38(49-40)43(31-14-5-1-6-15-31)36-23-24-37(48-36)44(32-16-7-2-8-17-32)39-27-28-41(50-39)46(47(35)51-42)34-20-11-4-12-21-34/h1-30,49,51H. The van der Waals surface area contributed by atoms with E-state index in [9.17, 15) is 4.79 Å². The Balaban J connectivity index is 1.52. The molecule has 2 N–H and O–H groups in total. The maximum Gasteiger partial charge on any atom is 0.142 e. The average Bonchev–Trinajstić information content (AvgIpc) is 4.03. The van der Waals surface area contributed by atoms with E-state index in [0.717, 1.165) is 101 Å². The van der Waals surface area contributed by atoms with Crippen molar-refractivity contribution in [1.29, 1.82) is 0 Å². The van der Waals surface area contributed by atoms with Crippen LogP contribution in [0.15, 0.2) is 146 Å². The lowest BCUT2D eigenvalue weighted by Gasteiger charge is -2.07. The summed E-state index contributed by atoms with van der Waals surface area (Å²) >= 11 is 0. The monoisotopic (exact) mass is 668 g/mol. The minimum Gasteiger partial charge on any atom is -0.354 e. The van der Waals surface area contributed by atoms with E-state index in [0.29, 0.717) is 0 Å². The Labute approximate surface area is 301 Å². The van der Waals surface area contributed by atoms with Gasteiger partial charge in [0.15, 0.2) is 0 Å². The van der Waals surface area contributed by atoms with E-state index in [1.807, 2.05) is 54.6 Å². The van der Waals surface area contributed by atoms with Crippen LogP contribution in [0.2, 0.25) is 0 Å². The topological polar surface area (TPSA) is 74.4 Å². The first-order chi connectivity index (χ1) is 25.7. The van der Waals surface area contributed by atoms with Crippen molar-refractivity contribution in [3.05, 3.63) is 174 Å². The molecule has 0 saturated heterocycles. The Hall–Kier alpha value is -7.11. The molecule has 0 spiro atoms. The molecule has 5 heteroatoms. The second-order valence-corrected chi connectivity index (χ2v) is 12.7. The molecule has 7 aromatic rings. The molecular formula is C47H32N4O. The summed E-state index contributed by atoms with van der Waals surface area (Å²) in [4.78, 5) is 30.1. The molecule has 0 amide bonds. The van der Waals surface area contributed by atoms with Gasteiger partial charge in [-0.25, -0.2) is 9.97 Å². The number of rotatable bonds is 6. The fourth-order valence-corrected chi connectivity index (χ4v) is 7.22. The minimum atomic E-state index is 0.808. The second-order valence-electron chi connectivity index (χ2n) is 12.7. The van der Waals surface area contributed by atoms with Crippen molar-refractivity contribution in [3.8, 4) is 44.5 Å². The van der Waals surface area contributed by atoms with Gasteiger partial charge < -0.3 is 9.97 Å². The largest absolute Gasteiger partial charge is 0.354 e. The summed E-state index contributed by atoms with van der Waals surface area (Å²) in [5.41, 5.74) is 15.9.